The Morgan fingerprint density at radius 1 is 1.14 bits per heavy atom. The van der Waals surface area contributed by atoms with Crippen molar-refractivity contribution in [2.24, 2.45) is 0 Å². The molecule has 1 amide bonds. The third-order valence-electron chi connectivity index (χ3n) is 3.61. The molecule has 114 valence electrons. The van der Waals surface area contributed by atoms with Crippen LogP contribution in [0.1, 0.15) is 56.1 Å². The van der Waals surface area contributed by atoms with E-state index in [0.717, 1.165) is 11.1 Å². The molecular weight excluding hydrogens is 264 g/mol. The van der Waals surface area contributed by atoms with Crippen LogP contribution in [0.2, 0.25) is 0 Å². The summed E-state index contributed by atoms with van der Waals surface area (Å²) < 4.78 is 0. The fourth-order valence-electron chi connectivity index (χ4n) is 1.87. The summed E-state index contributed by atoms with van der Waals surface area (Å²) in [4.78, 5) is 17.3. The Morgan fingerprint density at radius 3 is 2.10 bits per heavy atom. The van der Waals surface area contributed by atoms with E-state index in [9.17, 15) is 10.1 Å². The van der Waals surface area contributed by atoms with Gasteiger partial charge in [0.1, 0.15) is 0 Å². The van der Waals surface area contributed by atoms with Crippen molar-refractivity contribution in [2.75, 3.05) is 14.2 Å². The van der Waals surface area contributed by atoms with Crippen molar-refractivity contribution in [3.63, 3.8) is 0 Å². The molecular formula is C17H24N2O2. The molecule has 0 saturated heterocycles. The smallest absolute Gasteiger partial charge is 0.274 e. The number of nitriles is 1. The minimum atomic E-state index is -0.651. The van der Waals surface area contributed by atoms with Gasteiger partial charge in [-0.05, 0) is 42.5 Å². The van der Waals surface area contributed by atoms with Gasteiger partial charge in [0.05, 0.1) is 18.6 Å². The van der Waals surface area contributed by atoms with Crippen molar-refractivity contribution < 1.29 is 9.63 Å². The number of carbonyl (C=O) groups is 1. The van der Waals surface area contributed by atoms with Gasteiger partial charge in [-0.1, -0.05) is 26.8 Å². The molecule has 0 bridgehead atoms. The molecule has 0 saturated carbocycles. The van der Waals surface area contributed by atoms with E-state index in [2.05, 4.69) is 26.8 Å². The third kappa shape index (κ3) is 3.83. The van der Waals surface area contributed by atoms with Gasteiger partial charge in [-0.2, -0.15) is 5.26 Å². The van der Waals surface area contributed by atoms with E-state index in [0.29, 0.717) is 5.56 Å². The van der Waals surface area contributed by atoms with Gasteiger partial charge in [0, 0.05) is 12.6 Å². The lowest BCUT2D eigenvalue weighted by molar-refractivity contribution is -0.0757. The summed E-state index contributed by atoms with van der Waals surface area (Å²) in [5.41, 5.74) is 1.64. The second kappa shape index (κ2) is 5.87. The minimum Gasteiger partial charge on any atom is -0.274 e. The van der Waals surface area contributed by atoms with Gasteiger partial charge in [0.2, 0.25) is 0 Å². The Labute approximate surface area is 127 Å². The van der Waals surface area contributed by atoms with Crippen LogP contribution in [0.5, 0.6) is 0 Å². The average molecular weight is 288 g/mol. The Bertz CT molecular complexity index is 577. The van der Waals surface area contributed by atoms with E-state index in [1.54, 1.807) is 13.1 Å². The fourth-order valence-corrected chi connectivity index (χ4v) is 1.87. The van der Waals surface area contributed by atoms with Crippen molar-refractivity contribution in [3.05, 3.63) is 34.9 Å². The van der Waals surface area contributed by atoms with Crippen LogP contribution >= 0.6 is 0 Å². The number of hydrogen-bond donors (Lipinski definition) is 0. The summed E-state index contributed by atoms with van der Waals surface area (Å²) in [5, 5.41) is 10.5. The molecule has 0 aliphatic rings. The van der Waals surface area contributed by atoms with Crippen LogP contribution in [0, 0.1) is 11.3 Å². The normalized spacial score (nSPS) is 11.9. The van der Waals surface area contributed by atoms with Crippen molar-refractivity contribution in [1.29, 1.82) is 5.26 Å². The number of amides is 1. The van der Waals surface area contributed by atoms with Crippen LogP contribution < -0.4 is 0 Å². The zero-order valence-electron chi connectivity index (χ0n) is 13.9. The molecule has 1 rings (SSSR count). The largest absolute Gasteiger partial charge is 0.277 e. The van der Waals surface area contributed by atoms with Crippen LogP contribution in [0.3, 0.4) is 0 Å². The number of hydroxylamine groups is 2. The summed E-state index contributed by atoms with van der Waals surface area (Å²) in [7, 11) is 3.02. The van der Waals surface area contributed by atoms with Gasteiger partial charge in [0.15, 0.2) is 0 Å². The van der Waals surface area contributed by atoms with Gasteiger partial charge in [-0.3, -0.25) is 9.63 Å². The lowest BCUT2D eigenvalue weighted by Crippen LogP contribution is -2.27. The van der Waals surface area contributed by atoms with E-state index in [-0.39, 0.29) is 11.3 Å². The standard InChI is InChI=1S/C17H24N2O2/c1-16(2,3)13-8-12(15(20)19(6)21-7)9-14(10-13)17(4,5)11-18/h8-10H,1-7H3. The summed E-state index contributed by atoms with van der Waals surface area (Å²) in [5.74, 6) is -0.224. The SMILES string of the molecule is CON(C)C(=O)c1cc(C(C)(C)C)cc(C(C)(C)C#N)c1. The van der Waals surface area contributed by atoms with Gasteiger partial charge in [0.25, 0.3) is 5.91 Å². The quantitative estimate of drug-likeness (QED) is 0.801. The molecule has 1 aromatic carbocycles. The topological polar surface area (TPSA) is 53.3 Å². The Balaban J connectivity index is 3.50. The Morgan fingerprint density at radius 2 is 1.67 bits per heavy atom. The minimum absolute atomic E-state index is 0.109. The Kier molecular flexibility index (Phi) is 4.80. The first-order valence-electron chi connectivity index (χ1n) is 6.92. The van der Waals surface area contributed by atoms with E-state index in [1.165, 1.54) is 12.2 Å². The second-order valence-corrected chi connectivity index (χ2v) is 6.77. The molecule has 1 aromatic rings. The van der Waals surface area contributed by atoms with Crippen LogP contribution in [0.4, 0.5) is 0 Å². The number of benzene rings is 1. The second-order valence-electron chi connectivity index (χ2n) is 6.77. The lowest BCUT2D eigenvalue weighted by atomic mass is 9.79. The van der Waals surface area contributed by atoms with Crippen LogP contribution in [-0.4, -0.2) is 25.1 Å². The van der Waals surface area contributed by atoms with Gasteiger partial charge in [-0.25, -0.2) is 5.06 Å². The predicted molar refractivity (Wildman–Crippen MR) is 82.9 cm³/mol. The average Bonchev–Trinajstić information content (AvgIpc) is 2.44. The molecule has 0 spiro atoms. The molecule has 0 aromatic heterocycles. The van der Waals surface area contributed by atoms with Gasteiger partial charge < -0.3 is 0 Å². The van der Waals surface area contributed by atoms with Crippen molar-refractivity contribution in [3.8, 4) is 6.07 Å². The van der Waals surface area contributed by atoms with Crippen LogP contribution in [0.25, 0.3) is 0 Å². The van der Waals surface area contributed by atoms with E-state index in [4.69, 9.17) is 4.84 Å². The highest BCUT2D eigenvalue weighted by Gasteiger charge is 2.25. The van der Waals surface area contributed by atoms with E-state index in [1.807, 2.05) is 26.0 Å². The maximum atomic E-state index is 12.3. The van der Waals surface area contributed by atoms with Crippen molar-refractivity contribution in [1.82, 2.24) is 5.06 Å². The van der Waals surface area contributed by atoms with E-state index >= 15 is 0 Å². The molecule has 0 fully saturated rings. The number of carbonyl (C=O) groups excluding carboxylic acids is 1. The fraction of sp³-hybridized carbons (Fsp3) is 0.529. The first-order chi connectivity index (χ1) is 9.52. The van der Waals surface area contributed by atoms with Crippen LogP contribution in [-0.2, 0) is 15.7 Å². The van der Waals surface area contributed by atoms with Crippen molar-refractivity contribution >= 4 is 5.91 Å². The predicted octanol–water partition coefficient (Wildman–Crippen LogP) is 3.42. The highest BCUT2D eigenvalue weighted by molar-refractivity contribution is 5.94. The molecule has 4 nitrogen and oxygen atoms in total. The number of nitrogens with zero attached hydrogens (tertiary/aromatic N) is 2. The zero-order chi connectivity index (χ0) is 16.4. The molecule has 21 heavy (non-hydrogen) atoms. The highest BCUT2D eigenvalue weighted by Crippen LogP contribution is 2.30. The number of rotatable bonds is 3. The third-order valence-corrected chi connectivity index (χ3v) is 3.61. The molecule has 4 heteroatoms. The first kappa shape index (κ1) is 17.2. The molecule has 0 aliphatic heterocycles. The summed E-state index contributed by atoms with van der Waals surface area (Å²) in [6.45, 7) is 9.95. The molecule has 0 aliphatic carbocycles. The zero-order valence-corrected chi connectivity index (χ0v) is 13.9. The van der Waals surface area contributed by atoms with E-state index < -0.39 is 5.41 Å². The Hall–Kier alpha value is -1.86. The maximum Gasteiger partial charge on any atom is 0.277 e. The summed E-state index contributed by atoms with van der Waals surface area (Å²) >= 11 is 0. The summed E-state index contributed by atoms with van der Waals surface area (Å²) in [6.07, 6.45) is 0. The molecule has 0 atom stereocenters. The highest BCUT2D eigenvalue weighted by atomic mass is 16.7. The maximum absolute atomic E-state index is 12.3. The molecule has 0 N–H and O–H groups in total. The van der Waals surface area contributed by atoms with Gasteiger partial charge >= 0.3 is 0 Å². The first-order valence-corrected chi connectivity index (χ1v) is 6.92. The number of hydrogen-bond acceptors (Lipinski definition) is 3. The van der Waals surface area contributed by atoms with Crippen molar-refractivity contribution in [2.45, 2.75) is 45.4 Å². The van der Waals surface area contributed by atoms with Gasteiger partial charge in [-0.15, -0.1) is 0 Å². The summed E-state index contributed by atoms with van der Waals surface area (Å²) in [6, 6.07) is 7.94. The molecule has 0 unspecified atom stereocenters. The lowest BCUT2D eigenvalue weighted by Gasteiger charge is -2.25. The monoisotopic (exact) mass is 288 g/mol. The molecule has 0 heterocycles. The molecule has 0 radical (unpaired) electrons. The van der Waals surface area contributed by atoms with Crippen LogP contribution in [0.15, 0.2) is 18.2 Å².